The highest BCUT2D eigenvalue weighted by Gasteiger charge is 2.28. The maximum atomic E-state index is 12.5. The molecule has 0 unspecified atom stereocenters. The zero-order valence-corrected chi connectivity index (χ0v) is 19.6. The molecule has 0 aliphatic carbocycles. The molecule has 178 valence electrons. The summed E-state index contributed by atoms with van der Waals surface area (Å²) in [5.74, 6) is 0.136. The van der Waals surface area contributed by atoms with E-state index in [1.807, 2.05) is 30.3 Å². The van der Waals surface area contributed by atoms with E-state index in [-0.39, 0.29) is 12.5 Å². The summed E-state index contributed by atoms with van der Waals surface area (Å²) in [4.78, 5) is 12.5. The Balaban J connectivity index is 1.97. The molecule has 1 heterocycles. The summed E-state index contributed by atoms with van der Waals surface area (Å²) in [6.45, 7) is 4.72. The summed E-state index contributed by atoms with van der Waals surface area (Å²) in [6.07, 6.45) is 3.38. The number of amides is 1. The fraction of sp³-hybridized carbons (Fsp3) is 0.600. The van der Waals surface area contributed by atoms with Gasteiger partial charge in [-0.2, -0.15) is 0 Å². The first kappa shape index (κ1) is 25.8. The molecule has 0 fully saturated rings. The summed E-state index contributed by atoms with van der Waals surface area (Å²) in [5.41, 5.74) is 5.88. The summed E-state index contributed by atoms with van der Waals surface area (Å²) in [5, 5.41) is 14.8. The molecule has 12 heteroatoms. The second-order valence-corrected chi connectivity index (χ2v) is 10.1. The third-order valence-corrected chi connectivity index (χ3v) is 5.30. The Morgan fingerprint density at radius 1 is 1.22 bits per heavy atom. The number of carbonyl (C=O) groups excluding carboxylic acids is 1. The van der Waals surface area contributed by atoms with Crippen molar-refractivity contribution in [1.29, 1.82) is 0 Å². The molecule has 2 rings (SSSR count). The molecule has 2 aromatic rings. The zero-order valence-electron chi connectivity index (χ0n) is 18.8. The van der Waals surface area contributed by atoms with Crippen molar-refractivity contribution in [3.05, 3.63) is 41.7 Å². The molecule has 1 aromatic heterocycles. The lowest BCUT2D eigenvalue weighted by molar-refractivity contribution is -0.126. The van der Waals surface area contributed by atoms with Crippen LogP contribution in [0, 0.1) is 0 Å². The topological polar surface area (TPSA) is 154 Å². The Morgan fingerprint density at radius 3 is 2.59 bits per heavy atom. The van der Waals surface area contributed by atoms with Gasteiger partial charge < -0.3 is 15.8 Å². The van der Waals surface area contributed by atoms with E-state index in [0.717, 1.165) is 24.7 Å². The first-order valence-electron chi connectivity index (χ1n) is 10.5. The Bertz CT molecular complexity index is 942. The zero-order chi connectivity index (χ0) is 23.6. The van der Waals surface area contributed by atoms with Gasteiger partial charge in [-0.1, -0.05) is 36.8 Å². The lowest BCUT2D eigenvalue weighted by atomic mass is 10.1. The molecule has 1 amide bonds. The average molecular weight is 468 g/mol. The minimum atomic E-state index is -3.18. The highest BCUT2D eigenvalue weighted by molar-refractivity contribution is 7.88. The van der Waals surface area contributed by atoms with Crippen LogP contribution in [0.15, 0.2) is 30.3 Å². The van der Waals surface area contributed by atoms with Crippen LogP contribution in [-0.4, -0.2) is 59.5 Å². The van der Waals surface area contributed by atoms with Gasteiger partial charge in [0.2, 0.25) is 15.9 Å². The van der Waals surface area contributed by atoms with Crippen molar-refractivity contribution in [2.45, 2.75) is 57.8 Å². The Labute approximate surface area is 189 Å². The number of carbonyl (C=O) groups is 1. The van der Waals surface area contributed by atoms with Gasteiger partial charge in [0.15, 0.2) is 5.82 Å². The number of aryl methyl sites for hydroxylation is 1. The maximum Gasteiger partial charge on any atom is 0.240 e. The number of hydrogen-bond acceptors (Lipinski definition) is 8. The summed E-state index contributed by atoms with van der Waals surface area (Å²) in [7, 11) is -3.18. The van der Waals surface area contributed by atoms with Gasteiger partial charge in [-0.15, -0.1) is 5.10 Å². The number of tetrazole rings is 1. The van der Waals surface area contributed by atoms with Crippen molar-refractivity contribution < 1.29 is 17.9 Å². The Hall–Kier alpha value is -2.41. The van der Waals surface area contributed by atoms with Crippen LogP contribution in [0.25, 0.3) is 0 Å². The van der Waals surface area contributed by atoms with Crippen LogP contribution in [-0.2, 0) is 32.7 Å². The molecular formula is C20H33N7O4S. The number of nitrogens with zero attached hydrogens (tertiary/aromatic N) is 4. The lowest BCUT2D eigenvalue weighted by Crippen LogP contribution is -2.51. The maximum absolute atomic E-state index is 12.5. The molecule has 0 saturated carbocycles. The molecule has 32 heavy (non-hydrogen) atoms. The SMILES string of the molecule is CC(C)(N)C(=O)N[C@H](COCc1ccccc1)c1nnnn1CCCCCNS(C)(=O)=O. The third-order valence-electron chi connectivity index (χ3n) is 4.57. The minimum absolute atomic E-state index is 0.176. The van der Waals surface area contributed by atoms with Crippen LogP contribution in [0.4, 0.5) is 0 Å². The van der Waals surface area contributed by atoms with Gasteiger partial charge in [-0.25, -0.2) is 17.8 Å². The third kappa shape index (κ3) is 9.39. The summed E-state index contributed by atoms with van der Waals surface area (Å²) in [6, 6.07) is 9.14. The van der Waals surface area contributed by atoms with Crippen molar-refractivity contribution in [2.24, 2.45) is 5.73 Å². The highest BCUT2D eigenvalue weighted by atomic mass is 32.2. The van der Waals surface area contributed by atoms with E-state index in [4.69, 9.17) is 10.5 Å². The van der Waals surface area contributed by atoms with Crippen LogP contribution < -0.4 is 15.8 Å². The fourth-order valence-electron chi connectivity index (χ4n) is 2.84. The second kappa shape index (κ2) is 12.0. The molecule has 0 aliphatic rings. The molecule has 1 atom stereocenters. The summed E-state index contributed by atoms with van der Waals surface area (Å²) < 4.78 is 32.1. The van der Waals surface area contributed by atoms with Gasteiger partial charge in [0.1, 0.15) is 6.04 Å². The number of sulfonamides is 1. The van der Waals surface area contributed by atoms with Crippen molar-refractivity contribution in [3.63, 3.8) is 0 Å². The van der Waals surface area contributed by atoms with Crippen LogP contribution in [0.3, 0.4) is 0 Å². The van der Waals surface area contributed by atoms with Crippen LogP contribution in [0.1, 0.15) is 50.5 Å². The van der Waals surface area contributed by atoms with Gasteiger partial charge in [0.05, 0.1) is 25.0 Å². The van der Waals surface area contributed by atoms with E-state index in [1.54, 1.807) is 18.5 Å². The molecule has 1 aromatic carbocycles. The van der Waals surface area contributed by atoms with E-state index in [2.05, 4.69) is 25.6 Å². The molecular weight excluding hydrogens is 434 g/mol. The smallest absolute Gasteiger partial charge is 0.240 e. The van der Waals surface area contributed by atoms with E-state index in [0.29, 0.717) is 31.9 Å². The molecule has 0 saturated heterocycles. The fourth-order valence-corrected chi connectivity index (χ4v) is 3.35. The summed E-state index contributed by atoms with van der Waals surface area (Å²) >= 11 is 0. The van der Waals surface area contributed by atoms with Crippen molar-refractivity contribution in [2.75, 3.05) is 19.4 Å². The first-order chi connectivity index (χ1) is 15.1. The molecule has 4 N–H and O–H groups in total. The lowest BCUT2D eigenvalue weighted by Gasteiger charge is -2.23. The Kier molecular flexibility index (Phi) is 9.69. The van der Waals surface area contributed by atoms with E-state index in [1.165, 1.54) is 0 Å². The number of aromatic nitrogens is 4. The van der Waals surface area contributed by atoms with Gasteiger partial charge in [-0.3, -0.25) is 4.79 Å². The van der Waals surface area contributed by atoms with Crippen LogP contribution in [0.2, 0.25) is 0 Å². The highest BCUT2D eigenvalue weighted by Crippen LogP contribution is 2.14. The number of unbranched alkanes of at least 4 members (excludes halogenated alkanes) is 2. The van der Waals surface area contributed by atoms with Crippen LogP contribution >= 0.6 is 0 Å². The van der Waals surface area contributed by atoms with Gasteiger partial charge in [0.25, 0.3) is 0 Å². The number of benzene rings is 1. The predicted molar refractivity (Wildman–Crippen MR) is 120 cm³/mol. The van der Waals surface area contributed by atoms with Crippen molar-refractivity contribution in [3.8, 4) is 0 Å². The predicted octanol–water partition coefficient (Wildman–Crippen LogP) is 0.504. The van der Waals surface area contributed by atoms with Gasteiger partial charge in [-0.05, 0) is 42.7 Å². The van der Waals surface area contributed by atoms with Crippen LogP contribution in [0.5, 0.6) is 0 Å². The number of nitrogens with two attached hydrogens (primary N) is 1. The quantitative estimate of drug-likeness (QED) is 0.339. The first-order valence-corrected chi connectivity index (χ1v) is 12.4. The van der Waals surface area contributed by atoms with E-state index in [9.17, 15) is 13.2 Å². The Morgan fingerprint density at radius 2 is 1.94 bits per heavy atom. The van der Waals surface area contributed by atoms with Gasteiger partial charge >= 0.3 is 0 Å². The van der Waals surface area contributed by atoms with Crippen molar-refractivity contribution in [1.82, 2.24) is 30.2 Å². The molecule has 0 aliphatic heterocycles. The molecule has 0 radical (unpaired) electrons. The van der Waals surface area contributed by atoms with Gasteiger partial charge in [0, 0.05) is 13.1 Å². The minimum Gasteiger partial charge on any atom is -0.374 e. The standard InChI is InChI=1S/C20H33N7O4S/c1-20(2,21)19(28)23-17(15-31-14-16-10-6-4-7-11-16)18-24-25-26-27(18)13-9-5-8-12-22-32(3,29)30/h4,6-7,10-11,17,22H,5,8-9,12-15,21H2,1-3H3,(H,23,28)/t17-/m1/s1. The number of hydrogen-bond donors (Lipinski definition) is 3. The molecule has 0 spiro atoms. The largest absolute Gasteiger partial charge is 0.374 e. The second-order valence-electron chi connectivity index (χ2n) is 8.24. The molecule has 0 bridgehead atoms. The number of rotatable bonds is 14. The average Bonchev–Trinajstić information content (AvgIpc) is 3.17. The van der Waals surface area contributed by atoms with Crippen molar-refractivity contribution >= 4 is 15.9 Å². The monoisotopic (exact) mass is 467 g/mol. The number of nitrogens with one attached hydrogen (secondary N) is 2. The van der Waals surface area contributed by atoms with E-state index >= 15 is 0 Å². The normalized spacial score (nSPS) is 13.1. The number of ether oxygens (including phenoxy) is 1. The van der Waals surface area contributed by atoms with E-state index < -0.39 is 21.6 Å². The molecule has 11 nitrogen and oxygen atoms in total.